The predicted octanol–water partition coefficient (Wildman–Crippen LogP) is 2.31. The Morgan fingerprint density at radius 3 is 2.26 bits per heavy atom. The molecular formula is C16H23NO6. The fraction of sp³-hybridized carbons (Fsp3) is 0.500. The number of rotatable bonds is 7. The smallest absolute Gasteiger partial charge is 0.330 e. The monoisotopic (exact) mass is 325 g/mol. The van der Waals surface area contributed by atoms with Crippen LogP contribution in [0.4, 0.5) is 0 Å². The summed E-state index contributed by atoms with van der Waals surface area (Å²) in [5.41, 5.74) is 2.44. The number of carboxylic acid groups (broad SMARTS) is 1. The zero-order valence-electron chi connectivity index (χ0n) is 14.0. The standard InChI is InChI=1S/C16H23NO6/c1-16(2,3)15(20)23-17-11(9-14(18)19)10-6-7-12(21-4)13(8-10)22-5/h6-8,11,17H,9H2,1-5H3,(H,18,19). The third-order valence-electron chi connectivity index (χ3n) is 3.09. The lowest BCUT2D eigenvalue weighted by atomic mass is 9.98. The quantitative estimate of drug-likeness (QED) is 0.743. The second-order valence-corrected chi connectivity index (χ2v) is 6.02. The number of methoxy groups -OCH3 is 2. The van der Waals surface area contributed by atoms with Crippen LogP contribution in [-0.2, 0) is 14.4 Å². The van der Waals surface area contributed by atoms with E-state index in [4.69, 9.17) is 19.4 Å². The lowest BCUT2D eigenvalue weighted by molar-refractivity contribution is -0.164. The molecule has 1 rings (SSSR count). The maximum atomic E-state index is 11.8. The number of benzene rings is 1. The van der Waals surface area contributed by atoms with Crippen molar-refractivity contribution in [2.45, 2.75) is 33.2 Å². The third kappa shape index (κ3) is 5.45. The minimum atomic E-state index is -1.02. The van der Waals surface area contributed by atoms with Crippen LogP contribution in [-0.4, -0.2) is 31.3 Å². The van der Waals surface area contributed by atoms with Crippen molar-refractivity contribution in [3.05, 3.63) is 23.8 Å². The van der Waals surface area contributed by atoms with Crippen molar-refractivity contribution in [1.29, 1.82) is 0 Å². The lowest BCUT2D eigenvalue weighted by Gasteiger charge is -2.21. The van der Waals surface area contributed by atoms with Gasteiger partial charge in [0, 0.05) is 0 Å². The first-order valence-electron chi connectivity index (χ1n) is 7.09. The van der Waals surface area contributed by atoms with Crippen molar-refractivity contribution < 1.29 is 29.0 Å². The molecule has 0 fully saturated rings. The van der Waals surface area contributed by atoms with Gasteiger partial charge in [-0.2, -0.15) is 0 Å². The molecule has 0 bridgehead atoms. The van der Waals surface area contributed by atoms with Crippen LogP contribution in [0.2, 0.25) is 0 Å². The summed E-state index contributed by atoms with van der Waals surface area (Å²) in [5.74, 6) is -0.515. The highest BCUT2D eigenvalue weighted by Gasteiger charge is 2.26. The summed E-state index contributed by atoms with van der Waals surface area (Å²) in [7, 11) is 3.00. The van der Waals surface area contributed by atoms with Crippen molar-refractivity contribution in [1.82, 2.24) is 5.48 Å². The van der Waals surface area contributed by atoms with Crippen LogP contribution >= 0.6 is 0 Å². The minimum absolute atomic E-state index is 0.257. The van der Waals surface area contributed by atoms with Gasteiger partial charge in [0.2, 0.25) is 0 Å². The molecule has 1 aromatic rings. The van der Waals surface area contributed by atoms with Crippen LogP contribution in [0.25, 0.3) is 0 Å². The Kier molecular flexibility index (Phi) is 6.38. The zero-order chi connectivity index (χ0) is 17.6. The van der Waals surface area contributed by atoms with Crippen molar-refractivity contribution in [3.8, 4) is 11.5 Å². The van der Waals surface area contributed by atoms with Crippen molar-refractivity contribution in [3.63, 3.8) is 0 Å². The Balaban J connectivity index is 2.98. The average Bonchev–Trinajstić information content (AvgIpc) is 2.48. The molecule has 1 unspecified atom stereocenters. The topological polar surface area (TPSA) is 94.1 Å². The molecule has 0 aliphatic rings. The maximum Gasteiger partial charge on any atom is 0.330 e. The summed E-state index contributed by atoms with van der Waals surface area (Å²) in [6.45, 7) is 5.12. The second kappa shape index (κ2) is 7.82. The molecule has 7 heteroatoms. The summed E-state index contributed by atoms with van der Waals surface area (Å²) in [4.78, 5) is 27.9. The van der Waals surface area contributed by atoms with Crippen molar-refractivity contribution >= 4 is 11.9 Å². The third-order valence-corrected chi connectivity index (χ3v) is 3.09. The number of carbonyl (C=O) groups is 2. The van der Waals surface area contributed by atoms with E-state index in [2.05, 4.69) is 5.48 Å². The van der Waals surface area contributed by atoms with Gasteiger partial charge in [-0.3, -0.25) is 4.79 Å². The first kappa shape index (κ1) is 18.8. The number of nitrogens with one attached hydrogen (secondary N) is 1. The molecular weight excluding hydrogens is 302 g/mol. The fourth-order valence-electron chi connectivity index (χ4n) is 1.75. The Labute approximate surface area is 135 Å². The molecule has 0 spiro atoms. The van der Waals surface area contributed by atoms with Gasteiger partial charge < -0.3 is 19.4 Å². The van der Waals surface area contributed by atoms with Gasteiger partial charge in [-0.05, 0) is 38.5 Å². The van der Waals surface area contributed by atoms with Crippen LogP contribution in [0.15, 0.2) is 18.2 Å². The number of hydrogen-bond donors (Lipinski definition) is 2. The van der Waals surface area contributed by atoms with Gasteiger partial charge in [0.05, 0.1) is 32.1 Å². The van der Waals surface area contributed by atoms with Crippen molar-refractivity contribution in [2.24, 2.45) is 5.41 Å². The zero-order valence-corrected chi connectivity index (χ0v) is 14.0. The van der Waals surface area contributed by atoms with E-state index in [-0.39, 0.29) is 6.42 Å². The number of carboxylic acids is 1. The van der Waals surface area contributed by atoms with Crippen LogP contribution in [0.1, 0.15) is 38.8 Å². The molecule has 0 radical (unpaired) electrons. The summed E-state index contributed by atoms with van der Waals surface area (Å²) in [5, 5.41) is 9.06. The first-order chi connectivity index (χ1) is 10.7. The summed E-state index contributed by atoms with van der Waals surface area (Å²) in [6.07, 6.45) is -0.257. The molecule has 0 aliphatic carbocycles. The van der Waals surface area contributed by atoms with E-state index in [9.17, 15) is 9.59 Å². The largest absolute Gasteiger partial charge is 0.493 e. The lowest BCUT2D eigenvalue weighted by Crippen LogP contribution is -2.32. The molecule has 1 atom stereocenters. The normalized spacial score (nSPS) is 12.4. The van der Waals surface area contributed by atoms with E-state index in [0.717, 1.165) is 0 Å². The van der Waals surface area contributed by atoms with E-state index in [1.165, 1.54) is 14.2 Å². The van der Waals surface area contributed by atoms with E-state index in [1.54, 1.807) is 39.0 Å². The van der Waals surface area contributed by atoms with Crippen LogP contribution < -0.4 is 15.0 Å². The number of aliphatic carboxylic acids is 1. The Bertz CT molecular complexity index is 564. The highest BCUT2D eigenvalue weighted by molar-refractivity contribution is 5.75. The first-order valence-corrected chi connectivity index (χ1v) is 7.09. The van der Waals surface area contributed by atoms with Gasteiger partial charge in [0.1, 0.15) is 0 Å². The van der Waals surface area contributed by atoms with E-state index in [1.807, 2.05) is 0 Å². The SMILES string of the molecule is COc1ccc(C(CC(=O)O)NOC(=O)C(C)(C)C)cc1OC. The van der Waals surface area contributed by atoms with E-state index >= 15 is 0 Å². The molecule has 0 heterocycles. The van der Waals surface area contributed by atoms with E-state index < -0.39 is 23.4 Å². The van der Waals surface area contributed by atoms with Gasteiger partial charge in [0.25, 0.3) is 0 Å². The number of hydroxylamine groups is 1. The fourth-order valence-corrected chi connectivity index (χ4v) is 1.75. The van der Waals surface area contributed by atoms with Gasteiger partial charge in [0.15, 0.2) is 11.5 Å². The average molecular weight is 325 g/mol. The second-order valence-electron chi connectivity index (χ2n) is 6.02. The molecule has 1 aromatic carbocycles. The molecule has 7 nitrogen and oxygen atoms in total. The summed E-state index contributed by atoms with van der Waals surface area (Å²) < 4.78 is 10.4. The van der Waals surface area contributed by atoms with Crippen LogP contribution in [0, 0.1) is 5.41 Å². The Hall–Kier alpha value is -2.28. The number of ether oxygens (including phenoxy) is 2. The molecule has 128 valence electrons. The number of hydrogen-bond acceptors (Lipinski definition) is 6. The maximum absolute atomic E-state index is 11.8. The van der Waals surface area contributed by atoms with Gasteiger partial charge in [-0.25, -0.2) is 4.79 Å². The molecule has 0 aromatic heterocycles. The van der Waals surface area contributed by atoms with Gasteiger partial charge in [-0.1, -0.05) is 6.07 Å². The highest BCUT2D eigenvalue weighted by atomic mass is 16.7. The molecule has 0 aliphatic heterocycles. The molecule has 0 amide bonds. The molecule has 2 N–H and O–H groups in total. The molecule has 0 saturated heterocycles. The van der Waals surface area contributed by atoms with Gasteiger partial charge in [-0.15, -0.1) is 5.48 Å². The minimum Gasteiger partial charge on any atom is -0.493 e. The molecule has 23 heavy (non-hydrogen) atoms. The molecule has 0 saturated carbocycles. The summed E-state index contributed by atoms with van der Waals surface area (Å²) in [6, 6.07) is 4.28. The Morgan fingerprint density at radius 2 is 1.78 bits per heavy atom. The van der Waals surface area contributed by atoms with Gasteiger partial charge >= 0.3 is 11.9 Å². The Morgan fingerprint density at radius 1 is 1.17 bits per heavy atom. The predicted molar refractivity (Wildman–Crippen MR) is 83.2 cm³/mol. The van der Waals surface area contributed by atoms with Crippen molar-refractivity contribution in [2.75, 3.05) is 14.2 Å². The van der Waals surface area contributed by atoms with Crippen LogP contribution in [0.5, 0.6) is 11.5 Å². The van der Waals surface area contributed by atoms with E-state index in [0.29, 0.717) is 17.1 Å². The summed E-state index contributed by atoms with van der Waals surface area (Å²) >= 11 is 0. The van der Waals surface area contributed by atoms with Crippen LogP contribution in [0.3, 0.4) is 0 Å². The highest BCUT2D eigenvalue weighted by Crippen LogP contribution is 2.31. The number of carbonyl (C=O) groups excluding carboxylic acids is 1.